The van der Waals surface area contributed by atoms with E-state index < -0.39 is 10.9 Å². The van der Waals surface area contributed by atoms with E-state index in [0.717, 1.165) is 9.35 Å². The van der Waals surface area contributed by atoms with Crippen molar-refractivity contribution in [2.75, 3.05) is 0 Å². The standard InChI is InChI=1S/C14H7BrN2O4S/c15-12-5-8(7-22-12)4-11-14(18)21-13(16-11)9-2-1-3-10(6-9)17(19)20/h1-7H. The molecule has 0 N–H and O–H groups in total. The van der Waals surface area contributed by atoms with E-state index in [4.69, 9.17) is 4.74 Å². The molecule has 1 aliphatic heterocycles. The number of aliphatic imine (C=N–C) groups is 1. The van der Waals surface area contributed by atoms with E-state index >= 15 is 0 Å². The molecule has 110 valence electrons. The van der Waals surface area contributed by atoms with Crippen molar-refractivity contribution in [3.8, 4) is 0 Å². The van der Waals surface area contributed by atoms with Crippen LogP contribution in [0.1, 0.15) is 11.1 Å². The highest BCUT2D eigenvalue weighted by Gasteiger charge is 2.25. The Balaban J connectivity index is 1.94. The average molecular weight is 379 g/mol. The molecule has 0 unspecified atom stereocenters. The van der Waals surface area contributed by atoms with Crippen LogP contribution in [0, 0.1) is 10.1 Å². The van der Waals surface area contributed by atoms with Gasteiger partial charge in [0.2, 0.25) is 5.90 Å². The molecule has 0 amide bonds. The maximum absolute atomic E-state index is 11.8. The minimum absolute atomic E-state index is 0.0641. The number of ether oxygens (including phenoxy) is 1. The van der Waals surface area contributed by atoms with Crippen LogP contribution in [0.3, 0.4) is 0 Å². The average Bonchev–Trinajstić information content (AvgIpc) is 3.06. The van der Waals surface area contributed by atoms with Gasteiger partial charge in [-0.15, -0.1) is 11.3 Å². The second-order valence-electron chi connectivity index (χ2n) is 4.33. The molecule has 8 heteroatoms. The summed E-state index contributed by atoms with van der Waals surface area (Å²) in [7, 11) is 0. The Morgan fingerprint density at radius 3 is 2.86 bits per heavy atom. The zero-order valence-corrected chi connectivity index (χ0v) is 13.3. The number of thiophene rings is 1. The third-order valence-electron chi connectivity index (χ3n) is 2.82. The molecule has 0 saturated carbocycles. The van der Waals surface area contributed by atoms with Gasteiger partial charge in [0.15, 0.2) is 5.70 Å². The lowest BCUT2D eigenvalue weighted by atomic mass is 10.2. The molecule has 0 atom stereocenters. The summed E-state index contributed by atoms with van der Waals surface area (Å²) >= 11 is 4.83. The monoisotopic (exact) mass is 378 g/mol. The number of hydrogen-bond acceptors (Lipinski definition) is 6. The van der Waals surface area contributed by atoms with Crippen molar-refractivity contribution in [3.05, 3.63) is 66.4 Å². The molecule has 0 saturated heterocycles. The molecule has 1 aliphatic rings. The lowest BCUT2D eigenvalue weighted by Gasteiger charge is -1.98. The number of non-ortho nitro benzene ring substituents is 1. The first-order valence-electron chi connectivity index (χ1n) is 6.04. The molecule has 0 radical (unpaired) electrons. The number of nitro benzene ring substituents is 1. The lowest BCUT2D eigenvalue weighted by Crippen LogP contribution is -2.05. The van der Waals surface area contributed by atoms with Crippen LogP contribution in [0.25, 0.3) is 6.08 Å². The van der Waals surface area contributed by atoms with Gasteiger partial charge in [-0.3, -0.25) is 10.1 Å². The normalized spacial score (nSPS) is 15.8. The summed E-state index contributed by atoms with van der Waals surface area (Å²) in [6.07, 6.45) is 1.61. The highest BCUT2D eigenvalue weighted by molar-refractivity contribution is 9.11. The maximum Gasteiger partial charge on any atom is 0.363 e. The van der Waals surface area contributed by atoms with Crippen molar-refractivity contribution >= 4 is 50.9 Å². The van der Waals surface area contributed by atoms with Gasteiger partial charge < -0.3 is 4.74 Å². The summed E-state index contributed by atoms with van der Waals surface area (Å²) in [5.41, 5.74) is 1.28. The van der Waals surface area contributed by atoms with E-state index in [0.29, 0.717) is 5.56 Å². The van der Waals surface area contributed by atoms with Crippen LogP contribution in [0.5, 0.6) is 0 Å². The zero-order valence-electron chi connectivity index (χ0n) is 10.9. The molecule has 2 heterocycles. The van der Waals surface area contributed by atoms with Crippen molar-refractivity contribution in [1.82, 2.24) is 0 Å². The number of nitro groups is 1. The molecule has 2 aromatic rings. The molecule has 1 aromatic carbocycles. The highest BCUT2D eigenvalue weighted by Crippen LogP contribution is 2.25. The van der Waals surface area contributed by atoms with Gasteiger partial charge in [0.05, 0.1) is 8.71 Å². The topological polar surface area (TPSA) is 81.8 Å². The second-order valence-corrected chi connectivity index (χ2v) is 6.62. The zero-order chi connectivity index (χ0) is 15.7. The molecule has 22 heavy (non-hydrogen) atoms. The summed E-state index contributed by atoms with van der Waals surface area (Å²) in [6.45, 7) is 0. The van der Waals surface area contributed by atoms with Crippen LogP contribution in [-0.2, 0) is 9.53 Å². The van der Waals surface area contributed by atoms with Crippen LogP contribution in [0.4, 0.5) is 5.69 Å². The van der Waals surface area contributed by atoms with Crippen LogP contribution in [-0.4, -0.2) is 16.8 Å². The van der Waals surface area contributed by atoms with E-state index in [-0.39, 0.29) is 17.3 Å². The summed E-state index contributed by atoms with van der Waals surface area (Å²) < 4.78 is 6.02. The van der Waals surface area contributed by atoms with Gasteiger partial charge >= 0.3 is 5.97 Å². The summed E-state index contributed by atoms with van der Waals surface area (Å²) in [4.78, 5) is 26.2. The summed E-state index contributed by atoms with van der Waals surface area (Å²) in [5.74, 6) is -0.516. The van der Waals surface area contributed by atoms with Gasteiger partial charge in [-0.05, 0) is 45.1 Å². The van der Waals surface area contributed by atoms with Crippen molar-refractivity contribution in [1.29, 1.82) is 0 Å². The first-order valence-corrected chi connectivity index (χ1v) is 7.71. The third kappa shape index (κ3) is 2.97. The number of carbonyl (C=O) groups is 1. The predicted octanol–water partition coefficient (Wildman–Crippen LogP) is 3.76. The molecular formula is C14H7BrN2O4S. The quantitative estimate of drug-likeness (QED) is 0.352. The smallest absolute Gasteiger partial charge is 0.363 e. The Morgan fingerprint density at radius 2 is 2.18 bits per heavy atom. The minimum Gasteiger partial charge on any atom is -0.402 e. The first-order chi connectivity index (χ1) is 10.5. The fraction of sp³-hybridized carbons (Fsp3) is 0. The highest BCUT2D eigenvalue weighted by atomic mass is 79.9. The largest absolute Gasteiger partial charge is 0.402 e. The van der Waals surface area contributed by atoms with Gasteiger partial charge in [-0.25, -0.2) is 9.79 Å². The number of cyclic esters (lactones) is 1. The van der Waals surface area contributed by atoms with Gasteiger partial charge in [-0.2, -0.15) is 0 Å². The van der Waals surface area contributed by atoms with E-state index in [9.17, 15) is 14.9 Å². The number of esters is 1. The van der Waals surface area contributed by atoms with Crippen molar-refractivity contribution < 1.29 is 14.5 Å². The molecule has 0 aliphatic carbocycles. The van der Waals surface area contributed by atoms with Crippen LogP contribution < -0.4 is 0 Å². The van der Waals surface area contributed by atoms with Crippen molar-refractivity contribution in [2.24, 2.45) is 4.99 Å². The van der Waals surface area contributed by atoms with Crippen LogP contribution in [0.15, 0.2) is 50.2 Å². The second kappa shape index (κ2) is 5.82. The SMILES string of the molecule is O=C1OC(c2cccc([N+](=O)[O-])c2)=NC1=Cc1csc(Br)c1. The Morgan fingerprint density at radius 1 is 1.36 bits per heavy atom. The Bertz CT molecular complexity index is 841. The van der Waals surface area contributed by atoms with Crippen LogP contribution >= 0.6 is 27.3 Å². The summed E-state index contributed by atoms with van der Waals surface area (Å²) in [6, 6.07) is 7.65. The number of hydrogen-bond donors (Lipinski definition) is 0. The Hall–Kier alpha value is -2.32. The predicted molar refractivity (Wildman–Crippen MR) is 85.7 cm³/mol. The number of nitrogens with zero attached hydrogens (tertiary/aromatic N) is 2. The van der Waals surface area contributed by atoms with Gasteiger partial charge in [0.25, 0.3) is 5.69 Å². The van der Waals surface area contributed by atoms with E-state index in [1.54, 1.807) is 12.1 Å². The van der Waals surface area contributed by atoms with E-state index in [1.165, 1.54) is 29.5 Å². The number of carbonyl (C=O) groups excluding carboxylic acids is 1. The van der Waals surface area contributed by atoms with Gasteiger partial charge in [-0.1, -0.05) is 6.07 Å². The molecular weight excluding hydrogens is 372 g/mol. The van der Waals surface area contributed by atoms with Gasteiger partial charge in [0.1, 0.15) is 0 Å². The van der Waals surface area contributed by atoms with Crippen molar-refractivity contribution in [2.45, 2.75) is 0 Å². The molecule has 0 fully saturated rings. The number of rotatable bonds is 3. The summed E-state index contributed by atoms with van der Waals surface area (Å²) in [5, 5.41) is 12.6. The Labute approximate surface area is 137 Å². The molecule has 6 nitrogen and oxygen atoms in total. The van der Waals surface area contributed by atoms with Crippen molar-refractivity contribution in [3.63, 3.8) is 0 Å². The van der Waals surface area contributed by atoms with Gasteiger partial charge in [0, 0.05) is 17.7 Å². The first kappa shape index (κ1) is 14.6. The fourth-order valence-electron chi connectivity index (χ4n) is 1.84. The molecule has 1 aromatic heterocycles. The van der Waals surface area contributed by atoms with Crippen LogP contribution in [0.2, 0.25) is 0 Å². The lowest BCUT2D eigenvalue weighted by molar-refractivity contribution is -0.384. The maximum atomic E-state index is 11.8. The molecule has 3 rings (SSSR count). The van der Waals surface area contributed by atoms with E-state index in [2.05, 4.69) is 20.9 Å². The molecule has 0 spiro atoms. The number of halogens is 1. The Kier molecular flexibility index (Phi) is 3.86. The molecule has 0 bridgehead atoms. The third-order valence-corrected chi connectivity index (χ3v) is 4.34. The number of benzene rings is 1. The minimum atomic E-state index is -0.580. The fourth-order valence-corrected chi connectivity index (χ4v) is 2.98. The van der Waals surface area contributed by atoms with E-state index in [1.807, 2.05) is 11.4 Å².